The van der Waals surface area contributed by atoms with Gasteiger partial charge in [-0.1, -0.05) is 12.5 Å². The summed E-state index contributed by atoms with van der Waals surface area (Å²) in [5.41, 5.74) is 2.37. The summed E-state index contributed by atoms with van der Waals surface area (Å²) in [5.74, 6) is -0.110. The molecule has 26 heavy (non-hydrogen) atoms. The molecule has 1 N–H and O–H groups in total. The van der Waals surface area contributed by atoms with Gasteiger partial charge in [-0.25, -0.2) is 8.42 Å². The molecule has 1 saturated heterocycles. The Morgan fingerprint density at radius 2 is 1.96 bits per heavy atom. The van der Waals surface area contributed by atoms with E-state index in [4.69, 9.17) is 0 Å². The third kappa shape index (κ3) is 4.52. The maximum atomic E-state index is 12.9. The first-order chi connectivity index (χ1) is 12.5. The molecule has 0 unspecified atom stereocenters. The normalized spacial score (nSPS) is 15.7. The summed E-state index contributed by atoms with van der Waals surface area (Å²) in [6.07, 6.45) is 3.93. The van der Waals surface area contributed by atoms with E-state index in [2.05, 4.69) is 5.32 Å². The van der Waals surface area contributed by atoms with E-state index in [0.717, 1.165) is 24.8 Å². The molecule has 1 aromatic heterocycles. The average molecular weight is 393 g/mol. The molecular weight excluding hydrogens is 368 g/mol. The Labute approximate surface area is 159 Å². The number of thiophene rings is 1. The monoisotopic (exact) mass is 392 g/mol. The molecule has 5 nitrogen and oxygen atoms in total. The highest BCUT2D eigenvalue weighted by Gasteiger charge is 2.27. The van der Waals surface area contributed by atoms with Crippen molar-refractivity contribution in [2.24, 2.45) is 0 Å². The highest BCUT2D eigenvalue weighted by Crippen LogP contribution is 2.26. The van der Waals surface area contributed by atoms with Gasteiger partial charge >= 0.3 is 0 Å². The van der Waals surface area contributed by atoms with E-state index in [1.165, 1.54) is 0 Å². The van der Waals surface area contributed by atoms with Crippen LogP contribution in [-0.2, 0) is 21.2 Å². The molecule has 3 rings (SSSR count). The predicted octanol–water partition coefficient (Wildman–Crippen LogP) is 3.80. The number of benzene rings is 1. The van der Waals surface area contributed by atoms with Crippen LogP contribution in [0.5, 0.6) is 0 Å². The Bertz CT molecular complexity index is 855. The molecule has 0 spiro atoms. The van der Waals surface area contributed by atoms with Gasteiger partial charge in [0.05, 0.1) is 4.90 Å². The molecule has 140 valence electrons. The fourth-order valence-corrected chi connectivity index (χ4v) is 5.59. The average Bonchev–Trinajstić information content (AvgIpc) is 3.16. The predicted molar refractivity (Wildman–Crippen MR) is 105 cm³/mol. The zero-order valence-corrected chi connectivity index (χ0v) is 16.5. The number of amides is 1. The molecule has 0 saturated carbocycles. The SMILES string of the molecule is Cc1ccc(NC(=O)CCc2ccsc2)cc1S(=O)(=O)N1CCCCC1. The van der Waals surface area contributed by atoms with E-state index in [9.17, 15) is 13.2 Å². The van der Waals surface area contributed by atoms with Crippen LogP contribution in [0, 0.1) is 6.92 Å². The second kappa shape index (κ2) is 8.33. The highest BCUT2D eigenvalue weighted by molar-refractivity contribution is 7.89. The molecule has 7 heteroatoms. The maximum Gasteiger partial charge on any atom is 0.243 e. The largest absolute Gasteiger partial charge is 0.326 e. The summed E-state index contributed by atoms with van der Waals surface area (Å²) < 4.78 is 27.4. The van der Waals surface area contributed by atoms with Crippen molar-refractivity contribution in [3.63, 3.8) is 0 Å². The summed E-state index contributed by atoms with van der Waals surface area (Å²) in [6, 6.07) is 7.10. The second-order valence-corrected chi connectivity index (χ2v) is 9.31. The number of anilines is 1. The van der Waals surface area contributed by atoms with E-state index in [0.29, 0.717) is 37.2 Å². The molecule has 0 atom stereocenters. The molecule has 0 bridgehead atoms. The highest BCUT2D eigenvalue weighted by atomic mass is 32.2. The van der Waals surface area contributed by atoms with Crippen LogP contribution in [-0.4, -0.2) is 31.7 Å². The van der Waals surface area contributed by atoms with Gasteiger partial charge in [0, 0.05) is 25.2 Å². The van der Waals surface area contributed by atoms with E-state index in [1.807, 2.05) is 16.8 Å². The minimum absolute atomic E-state index is 0.110. The van der Waals surface area contributed by atoms with E-state index < -0.39 is 10.0 Å². The number of sulfonamides is 1. The lowest BCUT2D eigenvalue weighted by molar-refractivity contribution is -0.116. The molecule has 1 fully saturated rings. The van der Waals surface area contributed by atoms with Crippen molar-refractivity contribution in [2.45, 2.75) is 43.9 Å². The van der Waals surface area contributed by atoms with Gasteiger partial charge in [-0.05, 0) is 66.3 Å². The molecule has 2 heterocycles. The molecule has 2 aromatic rings. The first-order valence-corrected chi connectivity index (χ1v) is 11.3. The van der Waals surface area contributed by atoms with Gasteiger partial charge in [-0.15, -0.1) is 0 Å². The van der Waals surface area contributed by atoms with Gasteiger partial charge < -0.3 is 5.32 Å². The first-order valence-electron chi connectivity index (χ1n) is 8.88. The van der Waals surface area contributed by atoms with E-state index >= 15 is 0 Å². The standard InChI is InChI=1S/C19H24N2O3S2/c1-15-5-7-17(20-19(22)8-6-16-9-12-25-14-16)13-18(15)26(23,24)21-10-3-2-4-11-21/h5,7,9,12-14H,2-4,6,8,10-11H2,1H3,(H,20,22). The third-order valence-corrected chi connectivity index (χ3v) is 7.40. The Morgan fingerprint density at radius 3 is 2.65 bits per heavy atom. The summed E-state index contributed by atoms with van der Waals surface area (Å²) in [4.78, 5) is 12.5. The number of rotatable bonds is 6. The molecule has 1 aliphatic rings. The van der Waals surface area contributed by atoms with Crippen LogP contribution in [0.3, 0.4) is 0 Å². The summed E-state index contributed by atoms with van der Waals surface area (Å²) >= 11 is 1.61. The van der Waals surface area contributed by atoms with Gasteiger partial charge in [-0.2, -0.15) is 15.6 Å². The van der Waals surface area contributed by atoms with Crippen molar-refractivity contribution in [3.05, 3.63) is 46.2 Å². The number of aryl methyl sites for hydroxylation is 2. The van der Waals surface area contributed by atoms with Crippen molar-refractivity contribution >= 4 is 33.0 Å². The van der Waals surface area contributed by atoms with E-state index in [1.54, 1.807) is 40.8 Å². The van der Waals surface area contributed by atoms with Crippen LogP contribution < -0.4 is 5.32 Å². The molecule has 1 amide bonds. The van der Waals surface area contributed by atoms with Crippen molar-refractivity contribution in [1.82, 2.24) is 4.31 Å². The minimum Gasteiger partial charge on any atom is -0.326 e. The second-order valence-electron chi connectivity index (χ2n) is 6.62. The first kappa shape index (κ1) is 19.1. The molecular formula is C19H24N2O3S2. The molecule has 1 aromatic carbocycles. The van der Waals surface area contributed by atoms with Crippen molar-refractivity contribution < 1.29 is 13.2 Å². The fourth-order valence-electron chi connectivity index (χ4n) is 3.12. The number of hydrogen-bond acceptors (Lipinski definition) is 4. The van der Waals surface area contributed by atoms with Gasteiger partial charge in [0.25, 0.3) is 0 Å². The lowest BCUT2D eigenvalue weighted by Crippen LogP contribution is -2.36. The Balaban J connectivity index is 1.71. The molecule has 0 aliphatic carbocycles. The van der Waals surface area contributed by atoms with Gasteiger partial charge in [0.1, 0.15) is 0 Å². The quantitative estimate of drug-likeness (QED) is 0.813. The van der Waals surface area contributed by atoms with Crippen LogP contribution in [0.2, 0.25) is 0 Å². The number of carbonyl (C=O) groups is 1. The smallest absolute Gasteiger partial charge is 0.243 e. The zero-order valence-electron chi connectivity index (χ0n) is 14.9. The molecule has 1 aliphatic heterocycles. The van der Waals surface area contributed by atoms with Crippen molar-refractivity contribution in [2.75, 3.05) is 18.4 Å². The number of piperidine rings is 1. The van der Waals surface area contributed by atoms with Crippen LogP contribution in [0.1, 0.15) is 36.8 Å². The Kier molecular flexibility index (Phi) is 6.11. The van der Waals surface area contributed by atoms with Crippen molar-refractivity contribution in [3.8, 4) is 0 Å². The third-order valence-electron chi connectivity index (χ3n) is 4.63. The molecule has 0 radical (unpaired) electrons. The minimum atomic E-state index is -3.52. The summed E-state index contributed by atoms with van der Waals surface area (Å²) in [5, 5.41) is 6.85. The van der Waals surface area contributed by atoms with Crippen LogP contribution in [0.25, 0.3) is 0 Å². The Morgan fingerprint density at radius 1 is 1.19 bits per heavy atom. The summed E-state index contributed by atoms with van der Waals surface area (Å²) in [7, 11) is -3.52. The lowest BCUT2D eigenvalue weighted by Gasteiger charge is -2.26. The topological polar surface area (TPSA) is 66.5 Å². The van der Waals surface area contributed by atoms with E-state index in [-0.39, 0.29) is 10.8 Å². The number of nitrogens with zero attached hydrogens (tertiary/aromatic N) is 1. The fraction of sp³-hybridized carbons (Fsp3) is 0.421. The maximum absolute atomic E-state index is 12.9. The van der Waals surface area contributed by atoms with Crippen LogP contribution in [0.4, 0.5) is 5.69 Å². The van der Waals surface area contributed by atoms with Gasteiger partial charge in [0.15, 0.2) is 0 Å². The van der Waals surface area contributed by atoms with Crippen molar-refractivity contribution in [1.29, 1.82) is 0 Å². The zero-order chi connectivity index (χ0) is 18.6. The summed E-state index contributed by atoms with van der Waals surface area (Å²) in [6.45, 7) is 2.93. The number of hydrogen-bond donors (Lipinski definition) is 1. The van der Waals surface area contributed by atoms with Crippen LogP contribution in [0.15, 0.2) is 39.9 Å². The lowest BCUT2D eigenvalue weighted by atomic mass is 10.2. The number of carbonyl (C=O) groups excluding carboxylic acids is 1. The Hall–Kier alpha value is -1.70. The van der Waals surface area contributed by atoms with Crippen LogP contribution >= 0.6 is 11.3 Å². The van der Waals surface area contributed by atoms with Gasteiger partial charge in [-0.3, -0.25) is 4.79 Å². The van der Waals surface area contributed by atoms with Gasteiger partial charge in [0.2, 0.25) is 15.9 Å². The number of nitrogens with one attached hydrogen (secondary N) is 1.